The first-order valence-corrected chi connectivity index (χ1v) is 10.1. The summed E-state index contributed by atoms with van der Waals surface area (Å²) >= 11 is 0. The van der Waals surface area contributed by atoms with Gasteiger partial charge in [-0.2, -0.15) is 0 Å². The first-order valence-electron chi connectivity index (χ1n) is 10.1. The fourth-order valence-electron chi connectivity index (χ4n) is 3.70. The summed E-state index contributed by atoms with van der Waals surface area (Å²) in [5, 5.41) is 2.81. The maximum absolute atomic E-state index is 13.3. The van der Waals surface area contributed by atoms with Crippen LogP contribution in [-0.4, -0.2) is 47.8 Å². The van der Waals surface area contributed by atoms with E-state index in [4.69, 9.17) is 4.74 Å². The predicted molar refractivity (Wildman–Crippen MR) is 113 cm³/mol. The molecule has 1 aliphatic heterocycles. The lowest BCUT2D eigenvalue weighted by Crippen LogP contribution is -2.45. The molecule has 2 aromatic carbocycles. The minimum atomic E-state index is -1.18. The highest BCUT2D eigenvalue weighted by molar-refractivity contribution is 6.09. The summed E-state index contributed by atoms with van der Waals surface area (Å²) < 4.78 is 5.17. The summed E-state index contributed by atoms with van der Waals surface area (Å²) in [4.78, 5) is 41.5. The Bertz CT molecular complexity index is 914. The molecule has 2 aromatic rings. The lowest BCUT2D eigenvalue weighted by atomic mass is 9.87. The van der Waals surface area contributed by atoms with Crippen LogP contribution < -0.4 is 10.1 Å². The molecule has 1 heterocycles. The van der Waals surface area contributed by atoms with Gasteiger partial charge in [0.2, 0.25) is 5.91 Å². The molecular weight excluding hydrogens is 382 g/mol. The second kappa shape index (κ2) is 8.98. The summed E-state index contributed by atoms with van der Waals surface area (Å²) in [7, 11) is 1.56. The third-order valence-corrected chi connectivity index (χ3v) is 5.53. The van der Waals surface area contributed by atoms with Gasteiger partial charge in [0.1, 0.15) is 17.8 Å². The standard InChI is InChI=1S/C23H27N3O4/c1-4-23(18-11-13-19(30-3)14-12-18)21(28)26(22(29)24-23)16-20(27)25(5-2)15-17-9-7-6-8-10-17/h6-14H,4-5,15-16H2,1-3H3,(H,24,29)/t23-/m1/s1. The van der Waals surface area contributed by atoms with Crippen LogP contribution in [0.1, 0.15) is 31.4 Å². The van der Waals surface area contributed by atoms with Gasteiger partial charge in [-0.1, -0.05) is 49.4 Å². The molecule has 4 amide bonds. The number of ether oxygens (including phenoxy) is 1. The van der Waals surface area contributed by atoms with Crippen LogP contribution in [0.2, 0.25) is 0 Å². The average Bonchev–Trinajstić information content (AvgIpc) is 3.03. The Morgan fingerprint density at radius 1 is 1.07 bits per heavy atom. The summed E-state index contributed by atoms with van der Waals surface area (Å²) in [5.74, 6) is -0.0240. The minimum Gasteiger partial charge on any atom is -0.497 e. The second-order valence-electron chi connectivity index (χ2n) is 7.20. The topological polar surface area (TPSA) is 79.0 Å². The largest absolute Gasteiger partial charge is 0.497 e. The molecule has 7 heteroatoms. The molecule has 0 aromatic heterocycles. The normalized spacial score (nSPS) is 18.3. The van der Waals surface area contributed by atoms with Crippen molar-refractivity contribution in [2.24, 2.45) is 0 Å². The lowest BCUT2D eigenvalue weighted by Gasteiger charge is -2.27. The maximum Gasteiger partial charge on any atom is 0.325 e. The van der Waals surface area contributed by atoms with Gasteiger partial charge in [-0.25, -0.2) is 4.79 Å². The van der Waals surface area contributed by atoms with E-state index in [2.05, 4.69) is 5.32 Å². The van der Waals surface area contributed by atoms with Gasteiger partial charge in [-0.15, -0.1) is 0 Å². The van der Waals surface area contributed by atoms with E-state index >= 15 is 0 Å². The number of benzene rings is 2. The summed E-state index contributed by atoms with van der Waals surface area (Å²) in [5.41, 5.74) is 0.474. The molecule has 30 heavy (non-hydrogen) atoms. The fourth-order valence-corrected chi connectivity index (χ4v) is 3.70. The lowest BCUT2D eigenvalue weighted by molar-refractivity contribution is -0.139. The van der Waals surface area contributed by atoms with Crippen LogP contribution in [-0.2, 0) is 21.7 Å². The summed E-state index contributed by atoms with van der Waals surface area (Å²) in [6, 6.07) is 16.1. The number of imide groups is 1. The zero-order chi connectivity index (χ0) is 21.7. The molecule has 1 aliphatic rings. The number of carbonyl (C=O) groups is 3. The molecule has 7 nitrogen and oxygen atoms in total. The van der Waals surface area contributed by atoms with Gasteiger partial charge >= 0.3 is 6.03 Å². The molecule has 0 saturated carbocycles. The van der Waals surface area contributed by atoms with E-state index in [-0.39, 0.29) is 12.5 Å². The van der Waals surface area contributed by atoms with Crippen LogP contribution in [0.5, 0.6) is 5.75 Å². The number of carbonyl (C=O) groups excluding carboxylic acids is 3. The first kappa shape index (κ1) is 21.4. The molecule has 1 atom stereocenters. The molecule has 0 spiro atoms. The van der Waals surface area contributed by atoms with Crippen LogP contribution >= 0.6 is 0 Å². The Morgan fingerprint density at radius 3 is 2.30 bits per heavy atom. The molecule has 1 N–H and O–H groups in total. The fraction of sp³-hybridized carbons (Fsp3) is 0.348. The third-order valence-electron chi connectivity index (χ3n) is 5.53. The number of nitrogens with one attached hydrogen (secondary N) is 1. The average molecular weight is 409 g/mol. The van der Waals surface area contributed by atoms with Crippen LogP contribution in [0.4, 0.5) is 4.79 Å². The molecule has 1 fully saturated rings. The van der Waals surface area contributed by atoms with Crippen molar-refractivity contribution in [1.29, 1.82) is 0 Å². The first-order chi connectivity index (χ1) is 14.4. The number of methoxy groups -OCH3 is 1. The number of rotatable bonds is 8. The van der Waals surface area contributed by atoms with E-state index in [0.29, 0.717) is 30.8 Å². The monoisotopic (exact) mass is 409 g/mol. The Hall–Kier alpha value is -3.35. The van der Waals surface area contributed by atoms with E-state index in [1.165, 1.54) is 0 Å². The van der Waals surface area contributed by atoms with Crippen molar-refractivity contribution in [3.63, 3.8) is 0 Å². The number of hydrogen-bond acceptors (Lipinski definition) is 4. The molecule has 3 rings (SSSR count). The van der Waals surface area contributed by atoms with E-state index in [1.54, 1.807) is 36.3 Å². The quantitative estimate of drug-likeness (QED) is 0.680. The zero-order valence-electron chi connectivity index (χ0n) is 17.6. The number of likely N-dealkylation sites (N-methyl/N-ethyl adjacent to an activating group) is 1. The van der Waals surface area contributed by atoms with E-state index in [1.807, 2.05) is 44.2 Å². The highest BCUT2D eigenvalue weighted by Gasteiger charge is 2.51. The molecule has 158 valence electrons. The number of nitrogens with zero attached hydrogens (tertiary/aromatic N) is 2. The van der Waals surface area contributed by atoms with Gasteiger partial charge < -0.3 is 15.0 Å². The Balaban J connectivity index is 1.78. The molecule has 0 unspecified atom stereocenters. The van der Waals surface area contributed by atoms with Gasteiger partial charge in [-0.3, -0.25) is 14.5 Å². The third kappa shape index (κ3) is 4.01. The van der Waals surface area contributed by atoms with Gasteiger partial charge in [0.05, 0.1) is 7.11 Å². The van der Waals surface area contributed by atoms with Crippen LogP contribution in [0.15, 0.2) is 54.6 Å². The number of hydrogen-bond donors (Lipinski definition) is 1. The highest BCUT2D eigenvalue weighted by Crippen LogP contribution is 2.33. The van der Waals surface area contributed by atoms with E-state index in [9.17, 15) is 14.4 Å². The predicted octanol–water partition coefficient (Wildman–Crippen LogP) is 2.90. The van der Waals surface area contributed by atoms with Crippen molar-refractivity contribution in [3.8, 4) is 5.75 Å². The second-order valence-corrected chi connectivity index (χ2v) is 7.20. The summed E-state index contributed by atoms with van der Waals surface area (Å²) in [6.45, 7) is 4.33. The van der Waals surface area contributed by atoms with Gasteiger partial charge in [-0.05, 0) is 36.6 Å². The molecule has 0 bridgehead atoms. The zero-order valence-corrected chi connectivity index (χ0v) is 17.6. The Morgan fingerprint density at radius 2 is 1.73 bits per heavy atom. The summed E-state index contributed by atoms with van der Waals surface area (Å²) in [6.07, 6.45) is 0.371. The molecular formula is C23H27N3O4. The molecule has 0 aliphatic carbocycles. The molecule has 0 radical (unpaired) electrons. The van der Waals surface area contributed by atoms with Crippen molar-refractivity contribution < 1.29 is 19.1 Å². The van der Waals surface area contributed by atoms with E-state index < -0.39 is 17.5 Å². The minimum absolute atomic E-state index is 0.272. The van der Waals surface area contributed by atoms with Gasteiger partial charge in [0.15, 0.2) is 0 Å². The van der Waals surface area contributed by atoms with Gasteiger partial charge in [0, 0.05) is 13.1 Å². The van der Waals surface area contributed by atoms with Crippen LogP contribution in [0.25, 0.3) is 0 Å². The molecule has 1 saturated heterocycles. The number of amides is 4. The Labute approximate surface area is 176 Å². The SMILES string of the molecule is CCN(Cc1ccccc1)C(=O)CN1C(=O)N[C@](CC)(c2ccc(OC)cc2)C1=O. The van der Waals surface area contributed by atoms with Crippen molar-refractivity contribution >= 4 is 17.8 Å². The van der Waals surface area contributed by atoms with Crippen LogP contribution in [0.3, 0.4) is 0 Å². The van der Waals surface area contributed by atoms with Crippen molar-refractivity contribution in [1.82, 2.24) is 15.1 Å². The highest BCUT2D eigenvalue weighted by atomic mass is 16.5. The maximum atomic E-state index is 13.3. The Kier molecular flexibility index (Phi) is 6.40. The van der Waals surface area contributed by atoms with Crippen molar-refractivity contribution in [2.75, 3.05) is 20.2 Å². The van der Waals surface area contributed by atoms with Crippen LogP contribution in [0, 0.1) is 0 Å². The van der Waals surface area contributed by atoms with E-state index in [0.717, 1.165) is 10.5 Å². The van der Waals surface area contributed by atoms with Crippen molar-refractivity contribution in [3.05, 3.63) is 65.7 Å². The van der Waals surface area contributed by atoms with Gasteiger partial charge in [0.25, 0.3) is 5.91 Å². The number of urea groups is 1. The van der Waals surface area contributed by atoms with Crippen molar-refractivity contribution in [2.45, 2.75) is 32.4 Å². The smallest absolute Gasteiger partial charge is 0.325 e.